The highest BCUT2D eigenvalue weighted by atomic mass is 32.2. The lowest BCUT2D eigenvalue weighted by atomic mass is 10.0. The third-order valence-electron chi connectivity index (χ3n) is 3.38. The molecule has 0 saturated carbocycles. The molecule has 0 atom stereocenters. The predicted molar refractivity (Wildman–Crippen MR) is 83.8 cm³/mol. The van der Waals surface area contributed by atoms with Crippen LogP contribution in [0.5, 0.6) is 0 Å². The monoisotopic (exact) mass is 315 g/mol. The molecule has 3 aromatic rings. The van der Waals surface area contributed by atoms with Crippen LogP contribution in [0.2, 0.25) is 0 Å². The van der Waals surface area contributed by atoms with Gasteiger partial charge in [0.1, 0.15) is 11.3 Å². The number of rotatable bonds is 4. The number of benzene rings is 2. The van der Waals surface area contributed by atoms with Crippen LogP contribution in [0.4, 0.5) is 0 Å². The first-order valence-electron chi connectivity index (χ1n) is 6.83. The molecule has 3 rings (SSSR count). The van der Waals surface area contributed by atoms with Crippen molar-refractivity contribution in [3.05, 3.63) is 60.8 Å². The highest BCUT2D eigenvalue weighted by Gasteiger charge is 2.14. The lowest BCUT2D eigenvalue weighted by Crippen LogP contribution is -2.40. The van der Waals surface area contributed by atoms with E-state index >= 15 is 0 Å². The van der Waals surface area contributed by atoms with E-state index in [1.807, 2.05) is 54.6 Å². The molecule has 0 amide bonds. The minimum Gasteiger partial charge on any atom is -0.285 e. The summed E-state index contributed by atoms with van der Waals surface area (Å²) in [6, 6.07) is 17.7. The van der Waals surface area contributed by atoms with Crippen molar-refractivity contribution < 1.29 is 17.7 Å². The first-order valence-corrected chi connectivity index (χ1v) is 8.44. The standard InChI is InChI=1S/C16H14N2O3S/c19-22(20,21)12-11-18-10-9-14-7-4-8-15(16(14)17-18)13-5-2-1-3-6-13/h1-10H,11-12H2/p+1. The fourth-order valence-corrected chi connectivity index (χ4v) is 2.74. The molecular formula is C16H15N2O3S+. The molecule has 112 valence electrons. The Balaban J connectivity index is 2.06. The topological polar surface area (TPSA) is 71.1 Å². The van der Waals surface area contributed by atoms with Gasteiger partial charge in [0.25, 0.3) is 10.1 Å². The number of nitrogens with zero attached hydrogens (tertiary/aromatic N) is 2. The largest absolute Gasteiger partial charge is 0.285 e. The van der Waals surface area contributed by atoms with Crippen LogP contribution in [-0.2, 0) is 16.7 Å². The third kappa shape index (κ3) is 3.29. The molecule has 0 fully saturated rings. The Kier molecular flexibility index (Phi) is 3.87. The minimum atomic E-state index is -4.00. The number of aromatic nitrogens is 2. The lowest BCUT2D eigenvalue weighted by Gasteiger charge is -2.04. The van der Waals surface area contributed by atoms with E-state index in [9.17, 15) is 8.42 Å². The Morgan fingerprint density at radius 2 is 1.77 bits per heavy atom. The highest BCUT2D eigenvalue weighted by Crippen LogP contribution is 2.25. The summed E-state index contributed by atoms with van der Waals surface area (Å²) >= 11 is 0. The first-order chi connectivity index (χ1) is 10.5. The molecule has 0 aliphatic rings. The molecule has 1 heterocycles. The highest BCUT2D eigenvalue weighted by molar-refractivity contribution is 7.85. The summed E-state index contributed by atoms with van der Waals surface area (Å²) in [5.41, 5.74) is 2.83. The molecule has 6 heteroatoms. The summed E-state index contributed by atoms with van der Waals surface area (Å²) in [5, 5.41) is 5.47. The first kappa shape index (κ1) is 14.6. The molecule has 22 heavy (non-hydrogen) atoms. The van der Waals surface area contributed by atoms with Crippen molar-refractivity contribution in [1.29, 1.82) is 0 Å². The molecule has 0 saturated heterocycles. The summed E-state index contributed by atoms with van der Waals surface area (Å²) in [7, 11) is -4.00. The molecular weight excluding hydrogens is 300 g/mol. The van der Waals surface area contributed by atoms with Crippen LogP contribution < -0.4 is 4.68 Å². The van der Waals surface area contributed by atoms with E-state index in [0.29, 0.717) is 0 Å². The third-order valence-corrected chi connectivity index (χ3v) is 4.08. The van der Waals surface area contributed by atoms with Gasteiger partial charge in [0, 0.05) is 22.1 Å². The van der Waals surface area contributed by atoms with E-state index in [-0.39, 0.29) is 12.3 Å². The maximum atomic E-state index is 10.9. The van der Waals surface area contributed by atoms with Crippen LogP contribution in [0.3, 0.4) is 0 Å². The Morgan fingerprint density at radius 1 is 1.00 bits per heavy atom. The lowest BCUT2D eigenvalue weighted by molar-refractivity contribution is -0.747. The van der Waals surface area contributed by atoms with Crippen LogP contribution in [0.15, 0.2) is 60.8 Å². The van der Waals surface area contributed by atoms with Gasteiger partial charge in [0.15, 0.2) is 12.7 Å². The van der Waals surface area contributed by atoms with Gasteiger partial charge in [-0.05, 0) is 5.56 Å². The summed E-state index contributed by atoms with van der Waals surface area (Å²) in [4.78, 5) is 0. The van der Waals surface area contributed by atoms with Gasteiger partial charge in [-0.25, -0.2) is 0 Å². The summed E-state index contributed by atoms with van der Waals surface area (Å²) in [5.74, 6) is -0.357. The van der Waals surface area contributed by atoms with Crippen LogP contribution in [0.25, 0.3) is 22.0 Å². The molecule has 0 spiro atoms. The molecule has 0 radical (unpaired) electrons. The molecule has 1 aromatic heterocycles. The maximum Gasteiger partial charge on any atom is 0.271 e. The van der Waals surface area contributed by atoms with Crippen molar-refractivity contribution in [1.82, 2.24) is 5.10 Å². The van der Waals surface area contributed by atoms with E-state index in [2.05, 4.69) is 5.10 Å². The summed E-state index contributed by atoms with van der Waals surface area (Å²) < 4.78 is 32.1. The molecule has 5 nitrogen and oxygen atoms in total. The zero-order valence-electron chi connectivity index (χ0n) is 11.8. The molecule has 0 unspecified atom stereocenters. The normalized spacial score (nSPS) is 11.7. The fraction of sp³-hybridized carbons (Fsp3) is 0.125. The Bertz CT molecular complexity index is 909. The van der Waals surface area contributed by atoms with Gasteiger partial charge in [-0.3, -0.25) is 4.55 Å². The molecule has 0 aliphatic carbocycles. The minimum absolute atomic E-state index is 0.109. The Morgan fingerprint density at radius 3 is 2.50 bits per heavy atom. The van der Waals surface area contributed by atoms with E-state index in [4.69, 9.17) is 4.55 Å². The fourth-order valence-electron chi connectivity index (χ4n) is 2.32. The van der Waals surface area contributed by atoms with Crippen LogP contribution in [0, 0.1) is 0 Å². The average molecular weight is 315 g/mol. The molecule has 2 aromatic carbocycles. The van der Waals surface area contributed by atoms with Crippen molar-refractivity contribution >= 4 is 21.0 Å². The second-order valence-electron chi connectivity index (χ2n) is 4.97. The Labute approximate surface area is 128 Å². The van der Waals surface area contributed by atoms with Crippen molar-refractivity contribution in [3.8, 4) is 11.1 Å². The van der Waals surface area contributed by atoms with Gasteiger partial charge < -0.3 is 0 Å². The maximum absolute atomic E-state index is 10.9. The number of aryl methyl sites for hydroxylation is 1. The van der Waals surface area contributed by atoms with Gasteiger partial charge in [-0.2, -0.15) is 8.42 Å². The second kappa shape index (κ2) is 5.82. The van der Waals surface area contributed by atoms with Crippen LogP contribution >= 0.6 is 0 Å². The van der Waals surface area contributed by atoms with E-state index < -0.39 is 10.1 Å². The van der Waals surface area contributed by atoms with Crippen LogP contribution in [0.1, 0.15) is 0 Å². The quantitative estimate of drug-likeness (QED) is 0.591. The summed E-state index contributed by atoms with van der Waals surface area (Å²) in [6.45, 7) is 0.109. The van der Waals surface area contributed by atoms with E-state index in [1.54, 1.807) is 6.20 Å². The van der Waals surface area contributed by atoms with Gasteiger partial charge in [-0.1, -0.05) is 53.2 Å². The van der Waals surface area contributed by atoms with Gasteiger partial charge in [0.2, 0.25) is 0 Å². The number of fused-ring (bicyclic) bond motifs is 1. The smallest absolute Gasteiger partial charge is 0.271 e. The Hall–Kier alpha value is -2.31. The number of hydrogen-bond acceptors (Lipinski definition) is 3. The van der Waals surface area contributed by atoms with Gasteiger partial charge in [0.05, 0.1) is 0 Å². The zero-order chi connectivity index (χ0) is 15.6. The van der Waals surface area contributed by atoms with E-state index in [0.717, 1.165) is 22.0 Å². The average Bonchev–Trinajstić information content (AvgIpc) is 2.52. The summed E-state index contributed by atoms with van der Waals surface area (Å²) in [6.07, 6.45) is 1.71. The SMILES string of the molecule is O=S(=O)(O)CC[n+]1ccc2cccc(-c3ccccc3)c2n1. The molecule has 1 N–H and O–H groups in total. The van der Waals surface area contributed by atoms with Gasteiger partial charge >= 0.3 is 0 Å². The second-order valence-corrected chi connectivity index (χ2v) is 6.55. The van der Waals surface area contributed by atoms with E-state index in [1.165, 1.54) is 4.68 Å². The molecule has 0 bridgehead atoms. The van der Waals surface area contributed by atoms with Gasteiger partial charge in [-0.15, -0.1) is 0 Å². The van der Waals surface area contributed by atoms with Crippen LogP contribution in [-0.4, -0.2) is 23.8 Å². The predicted octanol–water partition coefficient (Wildman–Crippen LogP) is 2.08. The van der Waals surface area contributed by atoms with Crippen molar-refractivity contribution in [3.63, 3.8) is 0 Å². The number of hydrogen-bond donors (Lipinski definition) is 1. The molecule has 0 aliphatic heterocycles. The van der Waals surface area contributed by atoms with Crippen molar-refractivity contribution in [2.45, 2.75) is 6.54 Å². The van der Waals surface area contributed by atoms with Crippen molar-refractivity contribution in [2.24, 2.45) is 0 Å². The zero-order valence-corrected chi connectivity index (χ0v) is 12.6. The van der Waals surface area contributed by atoms with Crippen molar-refractivity contribution in [2.75, 3.05) is 5.75 Å².